The fourth-order valence-corrected chi connectivity index (χ4v) is 8.67. The van der Waals surface area contributed by atoms with E-state index in [1.165, 1.54) is 33.4 Å². The van der Waals surface area contributed by atoms with Crippen LogP contribution in [0.25, 0.3) is 111 Å². The molecule has 0 aliphatic rings. The van der Waals surface area contributed by atoms with Crippen LogP contribution in [0.3, 0.4) is 0 Å². The SMILES string of the molecule is c1ccc(-c2ccc(-c3cc(-c4cccc(-c5ccccc5)c4)nc4c3ccc3c(-c5ccc(-c6ccccc6)cc5)cc(-c5cccc(-c6ccccc6)c5)nc34)cc2)cc1. The normalized spacial score (nSPS) is 11.2. The van der Waals surface area contributed by atoms with Crippen LogP contribution in [0.1, 0.15) is 0 Å². The maximum absolute atomic E-state index is 5.59. The van der Waals surface area contributed by atoms with Crippen LogP contribution in [0.5, 0.6) is 0 Å². The first-order chi connectivity index (χ1) is 30.7. The van der Waals surface area contributed by atoms with Crippen molar-refractivity contribution < 1.29 is 0 Å². The molecule has 11 rings (SSSR count). The molecule has 0 bridgehead atoms. The molecule has 2 heteroatoms. The lowest BCUT2D eigenvalue weighted by atomic mass is 9.92. The molecule has 0 aliphatic carbocycles. The van der Waals surface area contributed by atoms with Crippen molar-refractivity contribution in [1.82, 2.24) is 9.97 Å². The van der Waals surface area contributed by atoms with Gasteiger partial charge in [-0.25, -0.2) is 9.97 Å². The lowest BCUT2D eigenvalue weighted by molar-refractivity contribution is 1.36. The Labute approximate surface area is 362 Å². The first-order valence-corrected chi connectivity index (χ1v) is 21.1. The smallest absolute Gasteiger partial charge is 0.0978 e. The monoisotopic (exact) mass is 788 g/mol. The Bertz CT molecular complexity index is 3110. The molecule has 0 spiro atoms. The molecule has 2 heterocycles. The molecule has 9 aromatic carbocycles. The van der Waals surface area contributed by atoms with E-state index in [2.05, 4.69) is 243 Å². The van der Waals surface area contributed by atoms with Crippen LogP contribution in [0.2, 0.25) is 0 Å². The van der Waals surface area contributed by atoms with E-state index in [-0.39, 0.29) is 0 Å². The van der Waals surface area contributed by atoms with Crippen molar-refractivity contribution in [2.24, 2.45) is 0 Å². The minimum absolute atomic E-state index is 0.871. The van der Waals surface area contributed by atoms with Crippen LogP contribution in [0, 0.1) is 0 Å². The van der Waals surface area contributed by atoms with E-state index in [9.17, 15) is 0 Å². The lowest BCUT2D eigenvalue weighted by Gasteiger charge is -2.16. The zero-order chi connectivity index (χ0) is 41.2. The summed E-state index contributed by atoms with van der Waals surface area (Å²) in [4.78, 5) is 11.2. The molecule has 2 aromatic heterocycles. The average molecular weight is 789 g/mol. The Kier molecular flexibility index (Phi) is 9.57. The number of aromatic nitrogens is 2. The van der Waals surface area contributed by atoms with E-state index in [0.29, 0.717) is 0 Å². The first-order valence-electron chi connectivity index (χ1n) is 21.1. The number of nitrogens with zero attached hydrogens (tertiary/aromatic N) is 2. The second-order valence-corrected chi connectivity index (χ2v) is 15.7. The van der Waals surface area contributed by atoms with Gasteiger partial charge in [-0.05, 0) is 91.0 Å². The summed E-state index contributed by atoms with van der Waals surface area (Å²) in [6, 6.07) is 86.5. The maximum Gasteiger partial charge on any atom is 0.0978 e. The van der Waals surface area contributed by atoms with Gasteiger partial charge in [0, 0.05) is 21.9 Å². The Hall–Kier alpha value is -8.20. The summed E-state index contributed by atoms with van der Waals surface area (Å²) in [5, 5.41) is 2.11. The third kappa shape index (κ3) is 7.14. The number of fused-ring (bicyclic) bond motifs is 3. The van der Waals surface area contributed by atoms with Gasteiger partial charge in [-0.15, -0.1) is 0 Å². The highest BCUT2D eigenvalue weighted by molar-refractivity contribution is 6.13. The molecule has 0 saturated heterocycles. The highest BCUT2D eigenvalue weighted by atomic mass is 14.8. The van der Waals surface area contributed by atoms with E-state index >= 15 is 0 Å². The summed E-state index contributed by atoms with van der Waals surface area (Å²) in [5.74, 6) is 0. The molecule has 0 fully saturated rings. The Morgan fingerprint density at radius 1 is 0.194 bits per heavy atom. The third-order valence-electron chi connectivity index (χ3n) is 11.9. The second kappa shape index (κ2) is 16.1. The second-order valence-electron chi connectivity index (χ2n) is 15.7. The van der Waals surface area contributed by atoms with E-state index in [4.69, 9.17) is 9.97 Å². The van der Waals surface area contributed by atoms with Gasteiger partial charge in [-0.1, -0.05) is 218 Å². The van der Waals surface area contributed by atoms with E-state index in [1.807, 2.05) is 0 Å². The van der Waals surface area contributed by atoms with Crippen molar-refractivity contribution in [3.63, 3.8) is 0 Å². The summed E-state index contributed by atoms with van der Waals surface area (Å²) < 4.78 is 0. The van der Waals surface area contributed by atoms with E-state index in [0.717, 1.165) is 77.7 Å². The molecule has 0 unspecified atom stereocenters. The molecule has 11 aromatic rings. The standard InChI is InChI=1S/C60H40N2/c1-5-15-41(16-6-1)45-27-31-47(32-28-45)55-39-57(51-25-13-23-49(37-51)43-19-9-3-10-20-43)61-59-53(55)35-36-54-56(48-33-29-46(30-34-48)42-17-7-2-8-18-42)40-58(62-60(54)59)52-26-14-24-50(38-52)44-21-11-4-12-22-44/h1-40H. The van der Waals surface area contributed by atoms with Gasteiger partial charge in [0.1, 0.15) is 0 Å². The third-order valence-corrected chi connectivity index (χ3v) is 11.9. The highest BCUT2D eigenvalue weighted by Crippen LogP contribution is 2.41. The molecule has 290 valence electrons. The molecule has 0 N–H and O–H groups in total. The topological polar surface area (TPSA) is 25.8 Å². The minimum Gasteiger partial charge on any atom is -0.245 e. The van der Waals surface area contributed by atoms with Gasteiger partial charge in [0.15, 0.2) is 0 Å². The summed E-state index contributed by atoms with van der Waals surface area (Å²) in [6.07, 6.45) is 0. The average Bonchev–Trinajstić information content (AvgIpc) is 3.37. The zero-order valence-corrected chi connectivity index (χ0v) is 34.0. The largest absolute Gasteiger partial charge is 0.245 e. The molecule has 0 amide bonds. The van der Waals surface area contributed by atoms with Crippen LogP contribution >= 0.6 is 0 Å². The predicted octanol–water partition coefficient (Wildman–Crippen LogP) is 16.1. The summed E-state index contributed by atoms with van der Waals surface area (Å²) in [5.41, 5.74) is 19.5. The summed E-state index contributed by atoms with van der Waals surface area (Å²) in [7, 11) is 0. The Morgan fingerprint density at radius 2 is 0.468 bits per heavy atom. The molecule has 0 atom stereocenters. The first kappa shape index (κ1) is 36.8. The van der Waals surface area contributed by atoms with Gasteiger partial charge in [0.25, 0.3) is 0 Å². The van der Waals surface area contributed by atoms with Crippen molar-refractivity contribution in [2.75, 3.05) is 0 Å². The number of hydrogen-bond acceptors (Lipinski definition) is 2. The van der Waals surface area contributed by atoms with Gasteiger partial charge in [-0.2, -0.15) is 0 Å². The number of rotatable bonds is 8. The predicted molar refractivity (Wildman–Crippen MR) is 261 cm³/mol. The molecular weight excluding hydrogens is 749 g/mol. The van der Waals surface area contributed by atoms with Gasteiger partial charge >= 0.3 is 0 Å². The van der Waals surface area contributed by atoms with Crippen molar-refractivity contribution in [2.45, 2.75) is 0 Å². The molecular formula is C60H40N2. The van der Waals surface area contributed by atoms with Gasteiger partial charge < -0.3 is 0 Å². The highest BCUT2D eigenvalue weighted by Gasteiger charge is 2.18. The molecule has 62 heavy (non-hydrogen) atoms. The summed E-state index contributed by atoms with van der Waals surface area (Å²) in [6.45, 7) is 0. The lowest BCUT2D eigenvalue weighted by Crippen LogP contribution is -1.96. The summed E-state index contributed by atoms with van der Waals surface area (Å²) >= 11 is 0. The van der Waals surface area contributed by atoms with Crippen molar-refractivity contribution in [3.05, 3.63) is 243 Å². The van der Waals surface area contributed by atoms with Crippen LogP contribution in [-0.4, -0.2) is 9.97 Å². The number of pyridine rings is 2. The fourth-order valence-electron chi connectivity index (χ4n) is 8.67. The quantitative estimate of drug-likeness (QED) is 0.143. The van der Waals surface area contributed by atoms with Crippen LogP contribution in [0.15, 0.2) is 243 Å². The van der Waals surface area contributed by atoms with Gasteiger partial charge in [-0.3, -0.25) is 0 Å². The maximum atomic E-state index is 5.59. The fraction of sp³-hybridized carbons (Fsp3) is 0. The van der Waals surface area contributed by atoms with Crippen LogP contribution in [0.4, 0.5) is 0 Å². The van der Waals surface area contributed by atoms with Gasteiger partial charge in [0.2, 0.25) is 0 Å². The Balaban J connectivity index is 1.16. The van der Waals surface area contributed by atoms with Crippen molar-refractivity contribution in [3.8, 4) is 89.3 Å². The van der Waals surface area contributed by atoms with Crippen LogP contribution in [-0.2, 0) is 0 Å². The molecule has 0 radical (unpaired) electrons. The van der Waals surface area contributed by atoms with Crippen molar-refractivity contribution in [1.29, 1.82) is 0 Å². The molecule has 0 aliphatic heterocycles. The minimum atomic E-state index is 0.871. The Morgan fingerprint density at radius 3 is 0.823 bits per heavy atom. The van der Waals surface area contributed by atoms with Crippen molar-refractivity contribution >= 4 is 21.8 Å². The van der Waals surface area contributed by atoms with Gasteiger partial charge in [0.05, 0.1) is 22.4 Å². The van der Waals surface area contributed by atoms with Crippen LogP contribution < -0.4 is 0 Å². The molecule has 2 nitrogen and oxygen atoms in total. The van der Waals surface area contributed by atoms with E-state index in [1.54, 1.807) is 0 Å². The zero-order valence-electron chi connectivity index (χ0n) is 34.0. The number of hydrogen-bond donors (Lipinski definition) is 0. The number of benzene rings is 9. The van der Waals surface area contributed by atoms with E-state index < -0.39 is 0 Å². The molecule has 0 saturated carbocycles.